The van der Waals surface area contributed by atoms with Gasteiger partial charge in [-0.05, 0) is 19.8 Å². The van der Waals surface area contributed by atoms with Gasteiger partial charge in [0.2, 0.25) is 0 Å². The number of guanidine groups is 2. The number of aliphatic imine (C=N–C) groups is 2. The lowest BCUT2D eigenvalue weighted by atomic mass is 10.1. The van der Waals surface area contributed by atoms with Gasteiger partial charge < -0.3 is 28.7 Å². The zero-order valence-electron chi connectivity index (χ0n) is 18.6. The minimum Gasteiger partial charge on any atom is -0.382 e. The van der Waals surface area contributed by atoms with Crippen LogP contribution in [-0.2, 0) is 0 Å². The zero-order valence-corrected chi connectivity index (χ0v) is 18.6. The molecule has 1 rings (SSSR count). The van der Waals surface area contributed by atoms with Crippen molar-refractivity contribution < 1.29 is 4.79 Å². The van der Waals surface area contributed by atoms with Crippen LogP contribution in [0.15, 0.2) is 9.98 Å². The van der Waals surface area contributed by atoms with Crippen molar-refractivity contribution in [1.29, 1.82) is 0 Å². The molecule has 0 aromatic carbocycles. The first kappa shape index (κ1) is 25.9. The first-order chi connectivity index (χ1) is 14.8. The van der Waals surface area contributed by atoms with Crippen LogP contribution in [0.1, 0.15) is 80.4 Å². The van der Waals surface area contributed by atoms with E-state index in [2.05, 4.69) is 25.3 Å². The van der Waals surface area contributed by atoms with Crippen LogP contribution in [0.3, 0.4) is 0 Å². The fraction of sp³-hybridized carbons (Fsp3) is 0.650. The molecule has 1 heterocycles. The molecule has 0 saturated carbocycles. The molecular weight excluding hydrogens is 396 g/mol. The summed E-state index contributed by atoms with van der Waals surface area (Å²) >= 11 is 0. The summed E-state index contributed by atoms with van der Waals surface area (Å²) in [7, 11) is 0. The van der Waals surface area contributed by atoms with Gasteiger partial charge in [0.15, 0.2) is 23.4 Å². The molecule has 0 bridgehead atoms. The number of rotatable bonds is 14. The molecular formula is C20H38N10O. The lowest BCUT2D eigenvalue weighted by Gasteiger charge is -2.08. The van der Waals surface area contributed by atoms with Crippen molar-refractivity contribution in [3.05, 3.63) is 11.4 Å². The Bertz CT molecular complexity index is 744. The number of carbonyl (C=O) groups excluding carboxylic acids is 1. The summed E-state index contributed by atoms with van der Waals surface area (Å²) < 4.78 is 0. The number of anilines is 2. The molecule has 1 aromatic rings. The fourth-order valence-electron chi connectivity index (χ4n) is 2.97. The Morgan fingerprint density at radius 2 is 1.26 bits per heavy atom. The summed E-state index contributed by atoms with van der Waals surface area (Å²) in [5.41, 5.74) is 28.1. The van der Waals surface area contributed by atoms with Crippen LogP contribution in [0, 0.1) is 6.92 Å². The number of hydrogen-bond acceptors (Lipinski definition) is 7. The van der Waals surface area contributed by atoms with E-state index in [0.29, 0.717) is 12.2 Å². The first-order valence-corrected chi connectivity index (χ1v) is 10.9. The second-order valence-corrected chi connectivity index (χ2v) is 7.49. The van der Waals surface area contributed by atoms with Gasteiger partial charge in [0, 0.05) is 13.1 Å². The predicted molar refractivity (Wildman–Crippen MR) is 126 cm³/mol. The highest BCUT2D eigenvalue weighted by Gasteiger charge is 2.15. The Morgan fingerprint density at radius 3 is 1.77 bits per heavy atom. The van der Waals surface area contributed by atoms with Crippen LogP contribution in [-0.4, -0.2) is 40.9 Å². The molecule has 11 N–H and O–H groups in total. The molecule has 11 nitrogen and oxygen atoms in total. The van der Waals surface area contributed by atoms with Gasteiger partial charge in [0.25, 0.3) is 5.91 Å². The van der Waals surface area contributed by atoms with Crippen LogP contribution >= 0.6 is 0 Å². The first-order valence-electron chi connectivity index (χ1n) is 10.9. The van der Waals surface area contributed by atoms with Crippen LogP contribution in [0.5, 0.6) is 0 Å². The average Bonchev–Trinajstić information content (AvgIpc) is 2.70. The number of nitrogens with one attached hydrogen (secondary N) is 1. The third kappa shape index (κ3) is 11.6. The molecule has 1 aromatic heterocycles. The molecule has 0 aliphatic carbocycles. The Labute approximate surface area is 184 Å². The van der Waals surface area contributed by atoms with E-state index in [1.807, 2.05) is 0 Å². The van der Waals surface area contributed by atoms with E-state index in [1.54, 1.807) is 6.92 Å². The van der Waals surface area contributed by atoms with E-state index >= 15 is 0 Å². The minimum atomic E-state index is -0.550. The second-order valence-electron chi connectivity index (χ2n) is 7.49. The van der Waals surface area contributed by atoms with Gasteiger partial charge in [-0.15, -0.1) is 0 Å². The molecule has 0 unspecified atom stereocenters. The topological polar surface area (TPSA) is 210 Å². The van der Waals surface area contributed by atoms with Crippen LogP contribution < -0.4 is 34.0 Å². The van der Waals surface area contributed by atoms with Crippen LogP contribution in [0.2, 0.25) is 0 Å². The van der Waals surface area contributed by atoms with Crippen LogP contribution in [0.25, 0.3) is 0 Å². The van der Waals surface area contributed by atoms with E-state index in [1.165, 1.54) is 44.9 Å². The van der Waals surface area contributed by atoms with E-state index < -0.39 is 5.91 Å². The number of hydrogen-bond donors (Lipinski definition) is 6. The van der Waals surface area contributed by atoms with E-state index in [9.17, 15) is 4.79 Å². The summed E-state index contributed by atoms with van der Waals surface area (Å²) in [5.74, 6) is -0.188. The molecule has 0 aliphatic rings. The maximum absolute atomic E-state index is 12.2. The van der Waals surface area contributed by atoms with Crippen molar-refractivity contribution in [1.82, 2.24) is 15.3 Å². The number of unbranched alkanes of at least 4 members (excludes halogenated alkanes) is 9. The SMILES string of the molecule is Cc1nc(C(=O)NC(N)=NCCCCCCCCCCCCN=C(N)N)c(N)nc1N. The Morgan fingerprint density at radius 1 is 0.774 bits per heavy atom. The van der Waals surface area contributed by atoms with E-state index in [-0.39, 0.29) is 29.2 Å². The monoisotopic (exact) mass is 434 g/mol. The van der Waals surface area contributed by atoms with Gasteiger partial charge in [-0.1, -0.05) is 51.4 Å². The Balaban J connectivity index is 2.07. The van der Waals surface area contributed by atoms with Crippen molar-refractivity contribution in [3.63, 3.8) is 0 Å². The van der Waals surface area contributed by atoms with Crippen molar-refractivity contribution in [2.24, 2.45) is 27.2 Å². The van der Waals surface area contributed by atoms with Gasteiger partial charge in [-0.25, -0.2) is 9.97 Å². The van der Waals surface area contributed by atoms with Crippen molar-refractivity contribution in [2.45, 2.75) is 71.1 Å². The fourth-order valence-corrected chi connectivity index (χ4v) is 2.97. The van der Waals surface area contributed by atoms with Gasteiger partial charge in [-0.2, -0.15) is 0 Å². The third-order valence-corrected chi connectivity index (χ3v) is 4.73. The summed E-state index contributed by atoms with van der Waals surface area (Å²) in [6, 6.07) is 0. The molecule has 11 heteroatoms. The average molecular weight is 435 g/mol. The molecule has 0 radical (unpaired) electrons. The lowest BCUT2D eigenvalue weighted by Crippen LogP contribution is -2.38. The molecule has 0 fully saturated rings. The van der Waals surface area contributed by atoms with Gasteiger partial charge in [-0.3, -0.25) is 20.1 Å². The second kappa shape index (κ2) is 14.8. The standard InChI is InChI=1S/C20H38N10O/c1-14-16(21)29-17(22)15(28-14)18(31)30-20(25)27-13-11-9-7-5-3-2-4-6-8-10-12-26-19(23)24/h2-13H2,1H3,(H4,21,22,29)(H4,23,24,26)(H3,25,27,30,31). The van der Waals surface area contributed by atoms with Crippen LogP contribution in [0.4, 0.5) is 11.6 Å². The summed E-state index contributed by atoms with van der Waals surface area (Å²) in [6.07, 6.45) is 11.6. The molecule has 0 saturated heterocycles. The Hall–Kier alpha value is -3.11. The third-order valence-electron chi connectivity index (χ3n) is 4.73. The van der Waals surface area contributed by atoms with Crippen molar-refractivity contribution >= 4 is 29.5 Å². The molecule has 174 valence electrons. The molecule has 31 heavy (non-hydrogen) atoms. The highest BCUT2D eigenvalue weighted by atomic mass is 16.2. The number of nitrogens with two attached hydrogens (primary N) is 5. The smallest absolute Gasteiger partial charge is 0.280 e. The molecule has 0 atom stereocenters. The van der Waals surface area contributed by atoms with E-state index in [4.69, 9.17) is 28.7 Å². The molecule has 1 amide bonds. The predicted octanol–water partition coefficient (Wildman–Crippen LogP) is 1.17. The van der Waals surface area contributed by atoms with E-state index in [0.717, 1.165) is 25.8 Å². The van der Waals surface area contributed by atoms with Gasteiger partial charge >= 0.3 is 0 Å². The summed E-state index contributed by atoms with van der Waals surface area (Å²) in [4.78, 5) is 28.3. The summed E-state index contributed by atoms with van der Waals surface area (Å²) in [5, 5.41) is 2.48. The molecule has 0 spiro atoms. The number of aryl methyl sites for hydroxylation is 1. The number of aromatic nitrogens is 2. The minimum absolute atomic E-state index is 0.0152. The Kier molecular flexibility index (Phi) is 12.4. The highest BCUT2D eigenvalue weighted by Crippen LogP contribution is 2.12. The number of nitrogens with zero attached hydrogens (tertiary/aromatic N) is 4. The maximum Gasteiger partial charge on any atom is 0.280 e. The van der Waals surface area contributed by atoms with Gasteiger partial charge in [0.05, 0.1) is 5.69 Å². The van der Waals surface area contributed by atoms with Crippen molar-refractivity contribution in [2.75, 3.05) is 24.6 Å². The number of carbonyl (C=O) groups is 1. The quantitative estimate of drug-likeness (QED) is 0.142. The summed E-state index contributed by atoms with van der Waals surface area (Å²) in [6.45, 7) is 2.93. The highest BCUT2D eigenvalue weighted by molar-refractivity contribution is 6.06. The maximum atomic E-state index is 12.2. The van der Waals surface area contributed by atoms with Crippen molar-refractivity contribution in [3.8, 4) is 0 Å². The number of amides is 1. The molecule has 0 aliphatic heterocycles. The van der Waals surface area contributed by atoms with Gasteiger partial charge in [0.1, 0.15) is 5.82 Å². The lowest BCUT2D eigenvalue weighted by molar-refractivity contribution is 0.0972. The normalized spacial score (nSPS) is 11.3. The largest absolute Gasteiger partial charge is 0.382 e. The number of nitrogen functional groups attached to an aromatic ring is 2. The zero-order chi connectivity index (χ0) is 23.1.